The minimum atomic E-state index is -0.218. The molecule has 2 rings (SSSR count). The second-order valence-corrected chi connectivity index (χ2v) is 4.20. The summed E-state index contributed by atoms with van der Waals surface area (Å²) in [6.45, 7) is 0.696. The van der Waals surface area contributed by atoms with Crippen LogP contribution in [-0.4, -0.2) is 24.7 Å². The molecule has 76 valence electrons. The fraction of sp³-hybridized carbons (Fsp3) is 0.700. The first-order valence-corrected chi connectivity index (χ1v) is 5.64. The highest BCUT2D eigenvalue weighted by Crippen LogP contribution is 2.38. The Labute approximate surface area is 91.7 Å². The largest absolute Gasteiger partial charge is 0.375 e. The number of ether oxygens (including phenoxy) is 1. The highest BCUT2D eigenvalue weighted by atomic mass is 79.9. The molecule has 3 atom stereocenters. The van der Waals surface area contributed by atoms with Crippen molar-refractivity contribution in [2.24, 2.45) is 5.92 Å². The number of nitrogens with one attached hydrogen (secondary N) is 1. The fourth-order valence-corrected chi connectivity index (χ4v) is 2.45. The average Bonchev–Trinajstić information content (AvgIpc) is 2.76. The highest BCUT2D eigenvalue weighted by Gasteiger charge is 2.40. The van der Waals surface area contributed by atoms with Crippen molar-refractivity contribution in [2.75, 3.05) is 6.54 Å². The molecule has 2 aliphatic heterocycles. The van der Waals surface area contributed by atoms with Gasteiger partial charge in [0.15, 0.2) is 0 Å². The van der Waals surface area contributed by atoms with Crippen LogP contribution in [0.5, 0.6) is 0 Å². The van der Waals surface area contributed by atoms with E-state index in [0.717, 1.165) is 12.8 Å². The van der Waals surface area contributed by atoms with Gasteiger partial charge < -0.3 is 10.1 Å². The third kappa shape index (κ3) is 2.10. The van der Waals surface area contributed by atoms with Gasteiger partial charge in [-0.2, -0.15) is 0 Å². The normalized spacial score (nSPS) is 33.6. The lowest BCUT2D eigenvalue weighted by Crippen LogP contribution is -2.32. The fourth-order valence-electron chi connectivity index (χ4n) is 2.27. The van der Waals surface area contributed by atoms with E-state index in [1.165, 1.54) is 6.42 Å². The Morgan fingerprint density at radius 1 is 1.57 bits per heavy atom. The molecular formula is C10H12BrNO2. The predicted octanol–water partition coefficient (Wildman–Crippen LogP) is 1.03. The summed E-state index contributed by atoms with van der Waals surface area (Å²) in [5.74, 6) is 2.67. The van der Waals surface area contributed by atoms with Crippen LogP contribution in [0.25, 0.3) is 0 Å². The minimum absolute atomic E-state index is 0.218. The van der Waals surface area contributed by atoms with Crippen molar-refractivity contribution in [1.29, 1.82) is 0 Å². The van der Waals surface area contributed by atoms with Gasteiger partial charge in [0, 0.05) is 34.3 Å². The number of halogens is 1. The van der Waals surface area contributed by atoms with Crippen molar-refractivity contribution in [3.63, 3.8) is 0 Å². The van der Waals surface area contributed by atoms with E-state index in [9.17, 15) is 4.79 Å². The summed E-state index contributed by atoms with van der Waals surface area (Å²) in [7, 11) is 0. The van der Waals surface area contributed by atoms with Crippen LogP contribution in [0.15, 0.2) is 0 Å². The Morgan fingerprint density at radius 3 is 3.00 bits per heavy atom. The smallest absolute Gasteiger partial charge is 0.296 e. The van der Waals surface area contributed by atoms with Gasteiger partial charge >= 0.3 is 0 Å². The third-order valence-corrected chi connectivity index (χ3v) is 3.12. The van der Waals surface area contributed by atoms with Crippen LogP contribution in [-0.2, 0) is 9.53 Å². The van der Waals surface area contributed by atoms with Crippen LogP contribution in [0.3, 0.4) is 0 Å². The van der Waals surface area contributed by atoms with Crippen LogP contribution in [0, 0.1) is 16.7 Å². The molecule has 1 amide bonds. The third-order valence-electron chi connectivity index (χ3n) is 2.92. The molecule has 1 N–H and O–H groups in total. The van der Waals surface area contributed by atoms with E-state index in [-0.39, 0.29) is 5.91 Å². The lowest BCUT2D eigenvalue weighted by molar-refractivity contribution is -0.115. The minimum Gasteiger partial charge on any atom is -0.375 e. The average molecular weight is 258 g/mol. The van der Waals surface area contributed by atoms with Gasteiger partial charge in [-0.25, -0.2) is 0 Å². The Bertz CT molecular complexity index is 294. The summed E-state index contributed by atoms with van der Waals surface area (Å²) in [5, 5.41) is 2.79. The van der Waals surface area contributed by atoms with Gasteiger partial charge in [-0.15, -0.1) is 0 Å². The van der Waals surface area contributed by atoms with Crippen molar-refractivity contribution >= 4 is 21.8 Å². The maximum absolute atomic E-state index is 11.1. The summed E-state index contributed by atoms with van der Waals surface area (Å²) in [6, 6.07) is 0. The van der Waals surface area contributed by atoms with Crippen molar-refractivity contribution in [2.45, 2.75) is 31.5 Å². The summed E-state index contributed by atoms with van der Waals surface area (Å²) in [5.41, 5.74) is 0. The molecule has 4 heteroatoms. The molecule has 0 aromatic carbocycles. The molecule has 0 aromatic heterocycles. The summed E-state index contributed by atoms with van der Waals surface area (Å²) >= 11 is 2.89. The number of hydrogen-bond acceptors (Lipinski definition) is 2. The maximum Gasteiger partial charge on any atom is 0.296 e. The molecule has 3 nitrogen and oxygen atoms in total. The molecule has 0 aromatic rings. The summed E-state index contributed by atoms with van der Waals surface area (Å²) in [4.78, 5) is 13.4. The Kier molecular flexibility index (Phi) is 3.09. The lowest BCUT2D eigenvalue weighted by atomic mass is 9.89. The molecule has 2 bridgehead atoms. The SMILES string of the molecule is O=C(C#CBr)NCC1CC2CCC1O2. The van der Waals surface area contributed by atoms with E-state index in [1.807, 2.05) is 0 Å². The van der Waals surface area contributed by atoms with Crippen molar-refractivity contribution < 1.29 is 9.53 Å². The highest BCUT2D eigenvalue weighted by molar-refractivity contribution is 9.12. The first-order chi connectivity index (χ1) is 6.79. The van der Waals surface area contributed by atoms with Crippen molar-refractivity contribution in [3.8, 4) is 10.8 Å². The van der Waals surface area contributed by atoms with Crippen molar-refractivity contribution in [3.05, 3.63) is 0 Å². The molecule has 14 heavy (non-hydrogen) atoms. The molecule has 2 heterocycles. The first-order valence-electron chi connectivity index (χ1n) is 4.84. The van der Waals surface area contributed by atoms with Gasteiger partial charge in [-0.05, 0) is 24.1 Å². The number of carbonyl (C=O) groups is 1. The molecule has 0 radical (unpaired) electrons. The van der Waals surface area contributed by atoms with E-state index in [2.05, 4.69) is 32.0 Å². The van der Waals surface area contributed by atoms with Gasteiger partial charge in [0.1, 0.15) is 0 Å². The van der Waals surface area contributed by atoms with E-state index in [4.69, 9.17) is 4.74 Å². The number of fused-ring (bicyclic) bond motifs is 2. The van der Waals surface area contributed by atoms with E-state index in [1.54, 1.807) is 0 Å². The second kappa shape index (κ2) is 4.33. The number of carbonyl (C=O) groups excluding carboxylic acids is 1. The van der Waals surface area contributed by atoms with Crippen LogP contribution in [0.4, 0.5) is 0 Å². The Balaban J connectivity index is 1.76. The molecule has 3 unspecified atom stereocenters. The molecule has 2 fully saturated rings. The molecule has 0 spiro atoms. The second-order valence-electron chi connectivity index (χ2n) is 3.80. The van der Waals surface area contributed by atoms with Crippen molar-refractivity contribution in [1.82, 2.24) is 5.32 Å². The zero-order chi connectivity index (χ0) is 9.97. The molecular weight excluding hydrogens is 246 g/mol. The van der Waals surface area contributed by atoms with Crippen LogP contribution in [0.1, 0.15) is 19.3 Å². The Hall–Kier alpha value is -0.530. The molecule has 2 saturated heterocycles. The van der Waals surface area contributed by atoms with E-state index >= 15 is 0 Å². The molecule has 2 aliphatic rings. The van der Waals surface area contributed by atoms with Gasteiger partial charge in [0.05, 0.1) is 12.2 Å². The summed E-state index contributed by atoms with van der Waals surface area (Å²) < 4.78 is 5.68. The molecule has 0 aliphatic carbocycles. The maximum atomic E-state index is 11.1. The quantitative estimate of drug-likeness (QED) is 0.751. The zero-order valence-electron chi connectivity index (χ0n) is 7.75. The van der Waals surface area contributed by atoms with E-state index < -0.39 is 0 Å². The van der Waals surface area contributed by atoms with Gasteiger partial charge in [0.25, 0.3) is 5.91 Å². The van der Waals surface area contributed by atoms with Crippen LogP contribution in [0.2, 0.25) is 0 Å². The predicted molar refractivity (Wildman–Crippen MR) is 55.7 cm³/mol. The number of rotatable bonds is 2. The summed E-state index contributed by atoms with van der Waals surface area (Å²) in [6.07, 6.45) is 4.25. The monoisotopic (exact) mass is 257 g/mol. The van der Waals surface area contributed by atoms with Gasteiger partial charge in [-0.1, -0.05) is 0 Å². The Morgan fingerprint density at radius 2 is 2.43 bits per heavy atom. The first kappa shape index (κ1) is 10.0. The number of hydrogen-bond donors (Lipinski definition) is 1. The van der Waals surface area contributed by atoms with Crippen LogP contribution < -0.4 is 5.32 Å². The van der Waals surface area contributed by atoms with Gasteiger partial charge in [0.2, 0.25) is 0 Å². The lowest BCUT2D eigenvalue weighted by Gasteiger charge is -2.17. The van der Waals surface area contributed by atoms with Crippen LogP contribution >= 0.6 is 15.9 Å². The van der Waals surface area contributed by atoms with Gasteiger partial charge in [-0.3, -0.25) is 4.79 Å². The topological polar surface area (TPSA) is 38.3 Å². The zero-order valence-corrected chi connectivity index (χ0v) is 9.34. The molecule has 0 saturated carbocycles. The van der Waals surface area contributed by atoms with E-state index in [0.29, 0.717) is 24.7 Å². The number of amides is 1. The standard InChI is InChI=1S/C10H12BrNO2/c11-4-3-10(13)12-6-7-5-8-1-2-9(7)14-8/h7-9H,1-2,5-6H2,(H,12,13).